The van der Waals surface area contributed by atoms with E-state index in [0.717, 1.165) is 43.3 Å². The topological polar surface area (TPSA) is 47.5 Å². The summed E-state index contributed by atoms with van der Waals surface area (Å²) in [6, 6.07) is 2.07. The van der Waals surface area contributed by atoms with Crippen molar-refractivity contribution < 1.29 is 9.47 Å². The average molecular weight is 249 g/mol. The number of aromatic nitrogens is 2. The van der Waals surface area contributed by atoms with Gasteiger partial charge in [-0.2, -0.15) is 0 Å². The molecule has 98 valence electrons. The Balaban J connectivity index is 1.81. The van der Waals surface area contributed by atoms with E-state index in [-0.39, 0.29) is 5.79 Å². The zero-order valence-corrected chi connectivity index (χ0v) is 11.0. The van der Waals surface area contributed by atoms with Gasteiger partial charge in [-0.1, -0.05) is 6.92 Å². The molecule has 0 atom stereocenters. The Kier molecular flexibility index (Phi) is 2.95. The molecule has 0 amide bonds. The van der Waals surface area contributed by atoms with Crippen molar-refractivity contribution in [1.29, 1.82) is 0 Å². The van der Waals surface area contributed by atoms with E-state index in [1.54, 1.807) is 0 Å². The van der Waals surface area contributed by atoms with Crippen LogP contribution < -0.4 is 4.90 Å². The summed E-state index contributed by atoms with van der Waals surface area (Å²) < 4.78 is 11.5. The highest BCUT2D eigenvalue weighted by molar-refractivity contribution is 5.42. The van der Waals surface area contributed by atoms with Gasteiger partial charge in [-0.3, -0.25) is 0 Å². The smallest absolute Gasteiger partial charge is 0.187 e. The molecule has 0 bridgehead atoms. The second-order valence-electron chi connectivity index (χ2n) is 4.90. The van der Waals surface area contributed by atoms with Crippen molar-refractivity contribution in [2.24, 2.45) is 0 Å². The molecule has 5 heteroatoms. The molecule has 0 N–H and O–H groups in total. The van der Waals surface area contributed by atoms with Crippen LogP contribution in [0.15, 0.2) is 6.07 Å². The Bertz CT molecular complexity index is 444. The average Bonchev–Trinajstić information content (AvgIpc) is 3.00. The third-order valence-corrected chi connectivity index (χ3v) is 3.57. The van der Waals surface area contributed by atoms with Gasteiger partial charge < -0.3 is 14.4 Å². The number of aryl methyl sites for hydroxylation is 2. The maximum Gasteiger partial charge on any atom is 0.187 e. The number of hydrogen-bond acceptors (Lipinski definition) is 5. The van der Waals surface area contributed by atoms with Gasteiger partial charge in [0, 0.05) is 24.7 Å². The molecule has 5 nitrogen and oxygen atoms in total. The molecular weight excluding hydrogens is 230 g/mol. The zero-order valence-electron chi connectivity index (χ0n) is 11.0. The van der Waals surface area contributed by atoms with E-state index in [0.29, 0.717) is 13.2 Å². The fourth-order valence-electron chi connectivity index (χ4n) is 2.64. The van der Waals surface area contributed by atoms with Gasteiger partial charge in [-0.25, -0.2) is 9.97 Å². The Morgan fingerprint density at radius 1 is 1.33 bits per heavy atom. The van der Waals surface area contributed by atoms with Gasteiger partial charge in [0.25, 0.3) is 0 Å². The minimum Gasteiger partial charge on any atom is -0.351 e. The zero-order chi connectivity index (χ0) is 12.6. The molecule has 1 aromatic heterocycles. The van der Waals surface area contributed by atoms with Crippen molar-refractivity contribution in [3.63, 3.8) is 0 Å². The number of ether oxygens (including phenoxy) is 2. The van der Waals surface area contributed by atoms with Crippen LogP contribution in [0, 0.1) is 6.92 Å². The van der Waals surface area contributed by atoms with Crippen LogP contribution in [0.5, 0.6) is 0 Å². The number of rotatable bonds is 2. The van der Waals surface area contributed by atoms with E-state index in [1.807, 2.05) is 6.92 Å². The van der Waals surface area contributed by atoms with Gasteiger partial charge in [0.1, 0.15) is 11.6 Å². The molecule has 1 spiro atoms. The van der Waals surface area contributed by atoms with Gasteiger partial charge in [0.15, 0.2) is 5.79 Å². The predicted octanol–water partition coefficient (Wildman–Crippen LogP) is 1.30. The standard InChI is InChI=1S/C13H19N3O2/c1-3-11-8-12(15-10(2)14-11)16-5-4-13(9-16)17-6-7-18-13/h8H,3-7,9H2,1-2H3. The summed E-state index contributed by atoms with van der Waals surface area (Å²) in [4.78, 5) is 11.2. The lowest BCUT2D eigenvalue weighted by Gasteiger charge is -2.23. The Morgan fingerprint density at radius 2 is 2.11 bits per heavy atom. The minimum atomic E-state index is -0.384. The maximum absolute atomic E-state index is 5.73. The first-order valence-electron chi connectivity index (χ1n) is 6.58. The van der Waals surface area contributed by atoms with Crippen molar-refractivity contribution in [2.75, 3.05) is 31.2 Å². The normalized spacial score (nSPS) is 22.0. The van der Waals surface area contributed by atoms with E-state index < -0.39 is 0 Å². The fourth-order valence-corrected chi connectivity index (χ4v) is 2.64. The predicted molar refractivity (Wildman–Crippen MR) is 67.6 cm³/mol. The minimum absolute atomic E-state index is 0.384. The molecule has 0 saturated carbocycles. The SMILES string of the molecule is CCc1cc(N2CCC3(C2)OCCO3)nc(C)n1. The molecule has 2 saturated heterocycles. The Hall–Kier alpha value is -1.20. The van der Waals surface area contributed by atoms with E-state index in [1.165, 1.54) is 0 Å². The lowest BCUT2D eigenvalue weighted by molar-refractivity contribution is -0.137. The number of hydrogen-bond donors (Lipinski definition) is 0. The van der Waals surface area contributed by atoms with Gasteiger partial charge in [-0.05, 0) is 13.3 Å². The first-order chi connectivity index (χ1) is 8.71. The maximum atomic E-state index is 5.73. The van der Waals surface area contributed by atoms with E-state index in [4.69, 9.17) is 9.47 Å². The molecule has 3 heterocycles. The van der Waals surface area contributed by atoms with Gasteiger partial charge in [0.05, 0.1) is 19.8 Å². The second-order valence-corrected chi connectivity index (χ2v) is 4.90. The molecule has 0 unspecified atom stereocenters. The summed E-state index contributed by atoms with van der Waals surface area (Å²) in [6.45, 7) is 7.16. The van der Waals surface area contributed by atoms with E-state index >= 15 is 0 Å². The van der Waals surface area contributed by atoms with Crippen LogP contribution in [-0.4, -0.2) is 42.1 Å². The van der Waals surface area contributed by atoms with Crippen LogP contribution in [0.1, 0.15) is 24.9 Å². The van der Waals surface area contributed by atoms with Gasteiger partial charge >= 0.3 is 0 Å². The first kappa shape index (κ1) is 11.9. The molecule has 2 fully saturated rings. The van der Waals surface area contributed by atoms with Crippen molar-refractivity contribution >= 4 is 5.82 Å². The van der Waals surface area contributed by atoms with E-state index in [2.05, 4.69) is 27.9 Å². The highest BCUT2D eigenvalue weighted by atomic mass is 16.7. The molecule has 0 radical (unpaired) electrons. The molecule has 1 aromatic rings. The quantitative estimate of drug-likeness (QED) is 0.790. The van der Waals surface area contributed by atoms with Crippen LogP contribution in [0.25, 0.3) is 0 Å². The number of nitrogens with zero attached hydrogens (tertiary/aromatic N) is 3. The first-order valence-corrected chi connectivity index (χ1v) is 6.58. The summed E-state index contributed by atoms with van der Waals surface area (Å²) in [5, 5.41) is 0. The molecule has 18 heavy (non-hydrogen) atoms. The highest BCUT2D eigenvalue weighted by Crippen LogP contribution is 2.32. The van der Waals surface area contributed by atoms with Crippen LogP contribution >= 0.6 is 0 Å². The molecule has 3 rings (SSSR count). The third kappa shape index (κ3) is 2.08. The van der Waals surface area contributed by atoms with Crippen molar-refractivity contribution in [3.8, 4) is 0 Å². The Morgan fingerprint density at radius 3 is 2.83 bits per heavy atom. The van der Waals surface area contributed by atoms with Crippen LogP contribution in [-0.2, 0) is 15.9 Å². The van der Waals surface area contributed by atoms with Gasteiger partial charge in [0.2, 0.25) is 0 Å². The van der Waals surface area contributed by atoms with Gasteiger partial charge in [-0.15, -0.1) is 0 Å². The van der Waals surface area contributed by atoms with Crippen molar-refractivity contribution in [2.45, 2.75) is 32.5 Å². The molecule has 0 aliphatic carbocycles. The van der Waals surface area contributed by atoms with E-state index in [9.17, 15) is 0 Å². The lowest BCUT2D eigenvalue weighted by atomic mass is 10.2. The molecule has 0 aromatic carbocycles. The van der Waals surface area contributed by atoms with Crippen molar-refractivity contribution in [1.82, 2.24) is 9.97 Å². The Labute approximate surface area is 107 Å². The highest BCUT2D eigenvalue weighted by Gasteiger charge is 2.43. The monoisotopic (exact) mass is 249 g/mol. The molecular formula is C13H19N3O2. The summed E-state index contributed by atoms with van der Waals surface area (Å²) in [7, 11) is 0. The summed E-state index contributed by atoms with van der Waals surface area (Å²) in [6.07, 6.45) is 1.85. The second kappa shape index (κ2) is 4.48. The third-order valence-electron chi connectivity index (χ3n) is 3.57. The number of anilines is 1. The molecule has 2 aliphatic rings. The van der Waals surface area contributed by atoms with Crippen LogP contribution in [0.2, 0.25) is 0 Å². The summed E-state index contributed by atoms with van der Waals surface area (Å²) in [5.41, 5.74) is 1.09. The fraction of sp³-hybridized carbons (Fsp3) is 0.692. The lowest BCUT2D eigenvalue weighted by Crippen LogP contribution is -2.34. The van der Waals surface area contributed by atoms with Crippen LogP contribution in [0.3, 0.4) is 0 Å². The largest absolute Gasteiger partial charge is 0.351 e. The van der Waals surface area contributed by atoms with Crippen molar-refractivity contribution in [3.05, 3.63) is 17.6 Å². The summed E-state index contributed by atoms with van der Waals surface area (Å²) in [5.74, 6) is 1.44. The van der Waals surface area contributed by atoms with Crippen LogP contribution in [0.4, 0.5) is 5.82 Å². The molecule has 2 aliphatic heterocycles. The summed E-state index contributed by atoms with van der Waals surface area (Å²) >= 11 is 0.